The molecule has 0 aliphatic rings. The van der Waals surface area contributed by atoms with Crippen LogP contribution in [0.3, 0.4) is 0 Å². The molecule has 0 bridgehead atoms. The van der Waals surface area contributed by atoms with Gasteiger partial charge in [0.15, 0.2) is 0 Å². The largest absolute Gasteiger partial charge is 0.478 e. The van der Waals surface area contributed by atoms with Gasteiger partial charge in [-0.3, -0.25) is 4.72 Å². The Morgan fingerprint density at radius 3 is 2.32 bits per heavy atom. The van der Waals surface area contributed by atoms with Crippen molar-refractivity contribution >= 4 is 33.5 Å². The van der Waals surface area contributed by atoms with Gasteiger partial charge in [-0.1, -0.05) is 11.6 Å². The minimum Gasteiger partial charge on any atom is -0.478 e. The van der Waals surface area contributed by atoms with E-state index in [9.17, 15) is 13.2 Å². The van der Waals surface area contributed by atoms with Gasteiger partial charge in [0.25, 0.3) is 10.2 Å². The highest BCUT2D eigenvalue weighted by Crippen LogP contribution is 2.24. The van der Waals surface area contributed by atoms with Gasteiger partial charge in [0.05, 0.1) is 16.3 Å². The molecule has 0 spiro atoms. The van der Waals surface area contributed by atoms with E-state index in [-0.39, 0.29) is 16.3 Å². The lowest BCUT2D eigenvalue weighted by atomic mass is 10.1. The maximum absolute atomic E-state index is 11.8. The molecule has 1 rings (SSSR count). The first-order valence-corrected chi connectivity index (χ1v) is 7.21. The molecule has 0 saturated carbocycles. The average molecular weight is 307 g/mol. The van der Waals surface area contributed by atoms with Crippen LogP contribution < -0.4 is 9.44 Å². The molecule has 0 aromatic heterocycles. The second-order valence-electron chi connectivity index (χ2n) is 4.96. The van der Waals surface area contributed by atoms with Crippen molar-refractivity contribution in [1.82, 2.24) is 4.72 Å². The van der Waals surface area contributed by atoms with Crippen LogP contribution in [0, 0.1) is 0 Å². The predicted octanol–water partition coefficient (Wildman–Crippen LogP) is 2.08. The molecule has 0 heterocycles. The molecule has 0 aliphatic carbocycles. The fraction of sp³-hybridized carbons (Fsp3) is 0.364. The van der Waals surface area contributed by atoms with E-state index in [1.54, 1.807) is 20.8 Å². The van der Waals surface area contributed by atoms with Crippen LogP contribution in [0.5, 0.6) is 0 Å². The molecular weight excluding hydrogens is 292 g/mol. The van der Waals surface area contributed by atoms with Crippen molar-refractivity contribution in [2.75, 3.05) is 4.72 Å². The molecular formula is C11H15ClN2O4S. The molecule has 0 radical (unpaired) electrons. The van der Waals surface area contributed by atoms with Crippen molar-refractivity contribution in [3.8, 4) is 0 Å². The molecule has 3 N–H and O–H groups in total. The van der Waals surface area contributed by atoms with Gasteiger partial charge in [-0.2, -0.15) is 13.1 Å². The van der Waals surface area contributed by atoms with Crippen molar-refractivity contribution in [3.05, 3.63) is 28.8 Å². The first kappa shape index (κ1) is 15.7. The van der Waals surface area contributed by atoms with Crippen LogP contribution in [0.15, 0.2) is 18.2 Å². The van der Waals surface area contributed by atoms with E-state index in [0.717, 1.165) is 0 Å². The van der Waals surface area contributed by atoms with Crippen LogP contribution in [0.1, 0.15) is 31.1 Å². The monoisotopic (exact) mass is 306 g/mol. The summed E-state index contributed by atoms with van der Waals surface area (Å²) < 4.78 is 28.2. The number of rotatable bonds is 4. The molecule has 6 nitrogen and oxygen atoms in total. The summed E-state index contributed by atoms with van der Waals surface area (Å²) in [6.45, 7) is 5.09. The first-order valence-electron chi connectivity index (χ1n) is 5.35. The van der Waals surface area contributed by atoms with Gasteiger partial charge < -0.3 is 5.11 Å². The molecule has 0 unspecified atom stereocenters. The second kappa shape index (κ2) is 5.36. The fourth-order valence-electron chi connectivity index (χ4n) is 1.30. The van der Waals surface area contributed by atoms with E-state index < -0.39 is 21.7 Å². The topological polar surface area (TPSA) is 95.5 Å². The summed E-state index contributed by atoms with van der Waals surface area (Å²) in [5.41, 5.74) is -0.542. The zero-order valence-corrected chi connectivity index (χ0v) is 12.3. The van der Waals surface area contributed by atoms with Gasteiger partial charge in [-0.15, -0.1) is 0 Å². The van der Waals surface area contributed by atoms with E-state index in [4.69, 9.17) is 16.7 Å². The molecule has 19 heavy (non-hydrogen) atoms. The normalized spacial score (nSPS) is 12.2. The number of carboxylic acids is 1. The van der Waals surface area contributed by atoms with E-state index in [2.05, 4.69) is 9.44 Å². The number of halogens is 1. The lowest BCUT2D eigenvalue weighted by molar-refractivity contribution is 0.0697. The van der Waals surface area contributed by atoms with Gasteiger partial charge >= 0.3 is 5.97 Å². The minimum absolute atomic E-state index is 0.0131. The molecule has 0 atom stereocenters. The summed E-state index contributed by atoms with van der Waals surface area (Å²) >= 11 is 5.83. The third kappa shape index (κ3) is 5.06. The number of nitrogens with one attached hydrogen (secondary N) is 2. The number of anilines is 1. The van der Waals surface area contributed by atoms with Crippen molar-refractivity contribution in [1.29, 1.82) is 0 Å². The van der Waals surface area contributed by atoms with Gasteiger partial charge in [-0.25, -0.2) is 4.79 Å². The molecule has 106 valence electrons. The third-order valence-corrected chi connectivity index (χ3v) is 3.58. The summed E-state index contributed by atoms with van der Waals surface area (Å²) in [7, 11) is -3.78. The standard InChI is InChI=1S/C11H15ClN2O4S/c1-11(2,3)14-19(17,18)13-9-5-4-7(10(15)16)6-8(9)12/h4-6,13-14H,1-3H3,(H,15,16). The lowest BCUT2D eigenvalue weighted by Gasteiger charge is -2.21. The summed E-state index contributed by atoms with van der Waals surface area (Å²) in [4.78, 5) is 10.7. The zero-order chi connectivity index (χ0) is 14.8. The van der Waals surface area contributed by atoms with Crippen molar-refractivity contribution in [2.45, 2.75) is 26.3 Å². The number of carboxylic acid groups (broad SMARTS) is 1. The highest BCUT2D eigenvalue weighted by molar-refractivity contribution is 7.90. The third-order valence-electron chi connectivity index (χ3n) is 1.90. The van der Waals surface area contributed by atoms with E-state index >= 15 is 0 Å². The first-order chi connectivity index (χ1) is 8.50. The lowest BCUT2D eigenvalue weighted by Crippen LogP contribution is -2.43. The van der Waals surface area contributed by atoms with Crippen molar-refractivity contribution in [2.24, 2.45) is 0 Å². The predicted molar refractivity (Wildman–Crippen MR) is 73.8 cm³/mol. The molecule has 1 aromatic rings. The number of hydrogen-bond donors (Lipinski definition) is 3. The number of hydrogen-bond acceptors (Lipinski definition) is 3. The summed E-state index contributed by atoms with van der Waals surface area (Å²) in [6.07, 6.45) is 0. The molecule has 8 heteroatoms. The molecule has 1 aromatic carbocycles. The Kier molecular flexibility index (Phi) is 4.44. The molecule has 0 saturated heterocycles. The fourth-order valence-corrected chi connectivity index (χ4v) is 2.91. The summed E-state index contributed by atoms with van der Waals surface area (Å²) in [5, 5.41) is 8.79. The quantitative estimate of drug-likeness (QED) is 0.793. The van der Waals surface area contributed by atoms with Gasteiger partial charge in [-0.05, 0) is 39.0 Å². The highest BCUT2D eigenvalue weighted by atomic mass is 35.5. The Balaban J connectivity index is 2.98. The Hall–Kier alpha value is -1.31. The molecule has 0 fully saturated rings. The Morgan fingerprint density at radius 2 is 1.89 bits per heavy atom. The summed E-state index contributed by atoms with van der Waals surface area (Å²) in [5.74, 6) is -1.14. The van der Waals surface area contributed by atoms with Crippen LogP contribution >= 0.6 is 11.6 Å². The Morgan fingerprint density at radius 1 is 1.32 bits per heavy atom. The number of carbonyl (C=O) groups is 1. The van der Waals surface area contributed by atoms with E-state index in [1.165, 1.54) is 18.2 Å². The van der Waals surface area contributed by atoms with Crippen LogP contribution in [0.2, 0.25) is 5.02 Å². The SMILES string of the molecule is CC(C)(C)NS(=O)(=O)Nc1ccc(C(=O)O)cc1Cl. The van der Waals surface area contributed by atoms with Gasteiger partial charge in [0.1, 0.15) is 0 Å². The Labute approximate surface area is 117 Å². The minimum atomic E-state index is -3.78. The molecule has 0 aliphatic heterocycles. The maximum atomic E-state index is 11.8. The van der Waals surface area contributed by atoms with Crippen LogP contribution in [-0.2, 0) is 10.2 Å². The highest BCUT2D eigenvalue weighted by Gasteiger charge is 2.20. The van der Waals surface area contributed by atoms with Crippen LogP contribution in [0.25, 0.3) is 0 Å². The van der Waals surface area contributed by atoms with E-state index in [1.807, 2.05) is 0 Å². The Bertz CT molecular complexity index is 593. The second-order valence-corrected chi connectivity index (χ2v) is 6.78. The smallest absolute Gasteiger partial charge is 0.335 e. The van der Waals surface area contributed by atoms with Gasteiger partial charge in [0.2, 0.25) is 0 Å². The average Bonchev–Trinajstić information content (AvgIpc) is 2.16. The van der Waals surface area contributed by atoms with Crippen molar-refractivity contribution < 1.29 is 18.3 Å². The summed E-state index contributed by atoms with van der Waals surface area (Å²) in [6, 6.07) is 3.75. The van der Waals surface area contributed by atoms with Crippen molar-refractivity contribution in [3.63, 3.8) is 0 Å². The zero-order valence-electron chi connectivity index (χ0n) is 10.7. The molecule has 0 amide bonds. The maximum Gasteiger partial charge on any atom is 0.335 e. The van der Waals surface area contributed by atoms with Crippen LogP contribution in [-0.4, -0.2) is 25.0 Å². The number of benzene rings is 1. The number of aromatic carboxylic acids is 1. The van der Waals surface area contributed by atoms with Crippen LogP contribution in [0.4, 0.5) is 5.69 Å². The van der Waals surface area contributed by atoms with E-state index in [0.29, 0.717) is 0 Å². The van der Waals surface area contributed by atoms with Gasteiger partial charge in [0, 0.05) is 5.54 Å².